The quantitative estimate of drug-likeness (QED) is 0.748. The third kappa shape index (κ3) is 3.40. The van der Waals surface area contributed by atoms with Crippen molar-refractivity contribution in [3.63, 3.8) is 0 Å². The number of nitrogens with zero attached hydrogens (tertiary/aromatic N) is 2. The first-order valence-electron chi connectivity index (χ1n) is 8.17. The Labute approximate surface area is 152 Å². The lowest BCUT2D eigenvalue weighted by Gasteiger charge is -2.19. The molecule has 8 heteroatoms. The molecular formula is C17H21ClN2O4S. The molecule has 3 rings (SSSR count). The number of hydrogen-bond acceptors (Lipinski definition) is 6. The van der Waals surface area contributed by atoms with Crippen molar-refractivity contribution in [2.45, 2.75) is 56.6 Å². The van der Waals surface area contributed by atoms with E-state index in [1.807, 2.05) is 13.8 Å². The molecule has 136 valence electrons. The van der Waals surface area contributed by atoms with E-state index in [-0.39, 0.29) is 23.1 Å². The van der Waals surface area contributed by atoms with Crippen LogP contribution in [0.25, 0.3) is 11.4 Å². The van der Waals surface area contributed by atoms with E-state index in [4.69, 9.17) is 20.9 Å². The van der Waals surface area contributed by atoms with E-state index in [1.54, 1.807) is 32.0 Å². The van der Waals surface area contributed by atoms with Gasteiger partial charge in [0.05, 0.1) is 16.9 Å². The van der Waals surface area contributed by atoms with Crippen LogP contribution < -0.4 is 4.74 Å². The smallest absolute Gasteiger partial charge is 0.247 e. The van der Waals surface area contributed by atoms with Crippen molar-refractivity contribution < 1.29 is 17.7 Å². The second-order valence-corrected chi connectivity index (χ2v) is 10.2. The van der Waals surface area contributed by atoms with Crippen molar-refractivity contribution in [1.82, 2.24) is 10.1 Å². The van der Waals surface area contributed by atoms with Gasteiger partial charge >= 0.3 is 0 Å². The molecular weight excluding hydrogens is 364 g/mol. The summed E-state index contributed by atoms with van der Waals surface area (Å²) in [6.45, 7) is 7.01. The van der Waals surface area contributed by atoms with E-state index in [1.165, 1.54) is 0 Å². The fourth-order valence-corrected chi connectivity index (χ4v) is 4.60. The molecule has 1 aromatic heterocycles. The molecule has 0 unspecified atom stereocenters. The fourth-order valence-electron chi connectivity index (χ4n) is 2.53. The molecule has 0 radical (unpaired) electrons. The van der Waals surface area contributed by atoms with Crippen LogP contribution in [0.2, 0.25) is 5.02 Å². The number of rotatable bonds is 6. The number of sulfone groups is 1. The maximum absolute atomic E-state index is 12.6. The molecule has 0 N–H and O–H groups in total. The van der Waals surface area contributed by atoms with E-state index in [0.29, 0.717) is 29.2 Å². The fraction of sp³-hybridized carbons (Fsp3) is 0.529. The molecule has 0 spiro atoms. The summed E-state index contributed by atoms with van der Waals surface area (Å²) in [7, 11) is -3.37. The number of aromatic nitrogens is 2. The van der Waals surface area contributed by atoms with Crippen LogP contribution in [0.5, 0.6) is 5.75 Å². The Morgan fingerprint density at radius 3 is 2.60 bits per heavy atom. The van der Waals surface area contributed by atoms with Gasteiger partial charge in [0.2, 0.25) is 11.7 Å². The molecule has 1 fully saturated rings. The van der Waals surface area contributed by atoms with Gasteiger partial charge in [-0.2, -0.15) is 4.98 Å². The van der Waals surface area contributed by atoms with E-state index in [9.17, 15) is 8.42 Å². The predicted molar refractivity (Wildman–Crippen MR) is 95.5 cm³/mol. The van der Waals surface area contributed by atoms with Gasteiger partial charge in [-0.25, -0.2) is 8.42 Å². The Kier molecular flexibility index (Phi) is 4.58. The molecule has 6 nitrogen and oxygen atoms in total. The molecule has 2 aromatic rings. The minimum absolute atomic E-state index is 0.0599. The van der Waals surface area contributed by atoms with Gasteiger partial charge in [0.25, 0.3) is 0 Å². The molecule has 1 aromatic carbocycles. The summed E-state index contributed by atoms with van der Waals surface area (Å²) in [5, 5.41) is 4.19. The first-order chi connectivity index (χ1) is 11.6. The topological polar surface area (TPSA) is 82.3 Å². The lowest BCUT2D eigenvalue weighted by molar-refractivity contribution is 0.243. The lowest BCUT2D eigenvalue weighted by atomic mass is 10.1. The second kappa shape index (κ2) is 6.29. The average Bonchev–Trinajstić information content (AvgIpc) is 3.25. The van der Waals surface area contributed by atoms with E-state index in [0.717, 1.165) is 0 Å². The average molecular weight is 385 g/mol. The van der Waals surface area contributed by atoms with Crippen molar-refractivity contribution in [2.24, 2.45) is 0 Å². The third-order valence-electron chi connectivity index (χ3n) is 4.16. The number of hydrogen-bond donors (Lipinski definition) is 0. The molecule has 25 heavy (non-hydrogen) atoms. The molecule has 1 aliphatic carbocycles. The molecule has 0 aliphatic heterocycles. The Bertz CT molecular complexity index is 886. The standard InChI is InChI=1S/C17H21ClN2O4S/c1-10(2)23-14-9-11(18)5-8-13(14)15-19-16(24-20-15)17(3,4)25(21,22)12-6-7-12/h5,8-10,12H,6-7H2,1-4H3. The van der Waals surface area contributed by atoms with Gasteiger partial charge in [0, 0.05) is 5.02 Å². The second-order valence-electron chi connectivity index (χ2n) is 6.98. The summed E-state index contributed by atoms with van der Waals surface area (Å²) in [5.41, 5.74) is 0.604. The number of halogens is 1. The summed E-state index contributed by atoms with van der Waals surface area (Å²) in [4.78, 5) is 4.35. The highest BCUT2D eigenvalue weighted by Gasteiger charge is 2.50. The summed E-state index contributed by atoms with van der Waals surface area (Å²) in [6.07, 6.45) is 1.32. The van der Waals surface area contributed by atoms with Gasteiger partial charge < -0.3 is 9.26 Å². The van der Waals surface area contributed by atoms with Crippen molar-refractivity contribution >= 4 is 21.4 Å². The molecule has 0 saturated heterocycles. The van der Waals surface area contributed by atoms with E-state index < -0.39 is 14.6 Å². The monoisotopic (exact) mass is 384 g/mol. The van der Waals surface area contributed by atoms with Gasteiger partial charge in [-0.3, -0.25) is 0 Å². The van der Waals surface area contributed by atoms with Crippen LogP contribution in [0.4, 0.5) is 0 Å². The van der Waals surface area contributed by atoms with Gasteiger partial charge in [0.15, 0.2) is 9.84 Å². The van der Waals surface area contributed by atoms with Crippen LogP contribution in [0.3, 0.4) is 0 Å². The summed E-state index contributed by atoms with van der Waals surface area (Å²) in [5.74, 6) is 0.888. The minimum atomic E-state index is -3.37. The van der Waals surface area contributed by atoms with Crippen molar-refractivity contribution in [2.75, 3.05) is 0 Å². The molecule has 0 atom stereocenters. The van der Waals surface area contributed by atoms with Gasteiger partial charge in [-0.05, 0) is 58.7 Å². The summed E-state index contributed by atoms with van der Waals surface area (Å²) >= 11 is 6.04. The van der Waals surface area contributed by atoms with Crippen molar-refractivity contribution in [1.29, 1.82) is 0 Å². The van der Waals surface area contributed by atoms with Gasteiger partial charge in [-0.15, -0.1) is 0 Å². The van der Waals surface area contributed by atoms with Crippen LogP contribution in [-0.2, 0) is 14.6 Å². The summed E-state index contributed by atoms with van der Waals surface area (Å²) in [6, 6.07) is 5.11. The minimum Gasteiger partial charge on any atom is -0.490 e. The predicted octanol–water partition coefficient (Wildman–Crippen LogP) is 3.99. The first kappa shape index (κ1) is 18.2. The highest BCUT2D eigenvalue weighted by molar-refractivity contribution is 7.93. The highest BCUT2D eigenvalue weighted by Crippen LogP contribution is 2.41. The van der Waals surface area contributed by atoms with Crippen LogP contribution in [0.1, 0.15) is 46.4 Å². The maximum Gasteiger partial charge on any atom is 0.247 e. The Balaban J connectivity index is 2.00. The van der Waals surface area contributed by atoms with Crippen molar-refractivity contribution in [3.8, 4) is 17.1 Å². The Morgan fingerprint density at radius 1 is 1.32 bits per heavy atom. The van der Waals surface area contributed by atoms with Crippen LogP contribution in [0, 0.1) is 0 Å². The zero-order valence-electron chi connectivity index (χ0n) is 14.6. The largest absolute Gasteiger partial charge is 0.490 e. The number of ether oxygens (including phenoxy) is 1. The number of benzene rings is 1. The van der Waals surface area contributed by atoms with Crippen LogP contribution in [-0.4, -0.2) is 29.9 Å². The lowest BCUT2D eigenvalue weighted by Crippen LogP contribution is -2.32. The highest BCUT2D eigenvalue weighted by atomic mass is 35.5. The normalized spacial score (nSPS) is 15.6. The zero-order chi connectivity index (χ0) is 18.4. The molecule has 1 heterocycles. The molecule has 0 amide bonds. The van der Waals surface area contributed by atoms with Crippen molar-refractivity contribution in [3.05, 3.63) is 29.1 Å². The maximum atomic E-state index is 12.6. The van der Waals surface area contributed by atoms with E-state index >= 15 is 0 Å². The van der Waals surface area contributed by atoms with Gasteiger partial charge in [0.1, 0.15) is 10.5 Å². The molecule has 1 aliphatic rings. The first-order valence-corrected chi connectivity index (χ1v) is 10.1. The zero-order valence-corrected chi connectivity index (χ0v) is 16.2. The van der Waals surface area contributed by atoms with Gasteiger partial charge in [-0.1, -0.05) is 16.8 Å². The van der Waals surface area contributed by atoms with Crippen LogP contribution >= 0.6 is 11.6 Å². The molecule has 0 bridgehead atoms. The third-order valence-corrected chi connectivity index (χ3v) is 7.34. The molecule has 1 saturated carbocycles. The summed E-state index contributed by atoms with van der Waals surface area (Å²) < 4.78 is 35.1. The Hall–Kier alpha value is -1.60. The van der Waals surface area contributed by atoms with E-state index in [2.05, 4.69) is 10.1 Å². The Morgan fingerprint density at radius 2 is 2.00 bits per heavy atom. The SMILES string of the molecule is CC(C)Oc1cc(Cl)ccc1-c1noc(C(C)(C)S(=O)(=O)C2CC2)n1. The van der Waals surface area contributed by atoms with Crippen LogP contribution in [0.15, 0.2) is 22.7 Å².